The number of hydrazine groups is 1. The van der Waals surface area contributed by atoms with Crippen LogP contribution in [0.3, 0.4) is 0 Å². The number of alkyl halides is 3. The summed E-state index contributed by atoms with van der Waals surface area (Å²) >= 11 is 0. The number of carbonyl (C=O) groups excluding carboxylic acids is 2. The van der Waals surface area contributed by atoms with Crippen LogP contribution >= 0.6 is 0 Å². The number of rotatable bonds is 3. The van der Waals surface area contributed by atoms with E-state index in [1.54, 1.807) is 42.5 Å². The van der Waals surface area contributed by atoms with Gasteiger partial charge in [-0.3, -0.25) is 9.59 Å². The number of nitrogens with one attached hydrogen (secondary N) is 3. The van der Waals surface area contributed by atoms with Gasteiger partial charge in [-0.2, -0.15) is 13.2 Å². The highest BCUT2D eigenvalue weighted by atomic mass is 19.4. The Morgan fingerprint density at radius 1 is 1.15 bits per heavy atom. The second-order valence-electron chi connectivity index (χ2n) is 8.20. The molecule has 2 aromatic carbocycles. The number of hydrogen-bond donors (Lipinski definition) is 3. The van der Waals surface area contributed by atoms with Crippen molar-refractivity contribution in [3.05, 3.63) is 70.9 Å². The van der Waals surface area contributed by atoms with E-state index in [1.165, 1.54) is 6.92 Å². The molecular formula is C23H21F3N4O3. The van der Waals surface area contributed by atoms with Crippen molar-refractivity contribution in [2.24, 2.45) is 0 Å². The van der Waals surface area contributed by atoms with Gasteiger partial charge in [0, 0.05) is 12.1 Å². The minimum atomic E-state index is -4.61. The number of nitrogens with zero attached hydrogens (tertiary/aromatic N) is 1. The van der Waals surface area contributed by atoms with Gasteiger partial charge in [0.2, 0.25) is 0 Å². The molecule has 2 aromatic rings. The molecule has 33 heavy (non-hydrogen) atoms. The maximum absolute atomic E-state index is 13.9. The number of hydrogen-bond acceptors (Lipinski definition) is 5. The zero-order valence-electron chi connectivity index (χ0n) is 17.6. The van der Waals surface area contributed by atoms with Crippen molar-refractivity contribution in [2.45, 2.75) is 37.6 Å². The number of allylic oxidation sites excluding steroid dienone is 1. The van der Waals surface area contributed by atoms with Crippen molar-refractivity contribution in [1.82, 2.24) is 15.8 Å². The number of fused-ring (bicyclic) bond motifs is 2. The second-order valence-corrected chi connectivity index (χ2v) is 8.20. The maximum atomic E-state index is 13.9. The predicted octanol–water partition coefficient (Wildman–Crippen LogP) is 2.82. The van der Waals surface area contributed by atoms with Crippen LogP contribution in [-0.2, 0) is 16.0 Å². The Morgan fingerprint density at radius 2 is 1.91 bits per heavy atom. The van der Waals surface area contributed by atoms with Gasteiger partial charge in [0.15, 0.2) is 0 Å². The number of halogens is 3. The Bertz CT molecular complexity index is 1150. The molecule has 5 rings (SSSR count). The molecule has 0 aromatic heterocycles. The van der Waals surface area contributed by atoms with Gasteiger partial charge < -0.3 is 15.4 Å². The van der Waals surface area contributed by atoms with Crippen LogP contribution in [-0.4, -0.2) is 41.8 Å². The Labute approximate surface area is 187 Å². The summed E-state index contributed by atoms with van der Waals surface area (Å²) in [5, 5.41) is 6.51. The van der Waals surface area contributed by atoms with Gasteiger partial charge in [-0.15, -0.1) is 0 Å². The molecule has 1 saturated heterocycles. The number of amides is 2. The summed E-state index contributed by atoms with van der Waals surface area (Å²) in [5.74, 6) is -2.10. The highest BCUT2D eigenvalue weighted by Gasteiger charge is 2.58. The normalized spacial score (nSPS) is 24.2. The van der Waals surface area contributed by atoms with E-state index in [9.17, 15) is 22.8 Å². The summed E-state index contributed by atoms with van der Waals surface area (Å²) in [7, 11) is 0. The lowest BCUT2D eigenvalue weighted by Crippen LogP contribution is -2.56. The molecule has 7 nitrogen and oxygen atoms in total. The summed E-state index contributed by atoms with van der Waals surface area (Å²) in [6.45, 7) is 2.00. The molecule has 3 heterocycles. The third-order valence-electron chi connectivity index (χ3n) is 6.15. The fourth-order valence-electron chi connectivity index (χ4n) is 4.66. The minimum absolute atomic E-state index is 0.206. The number of benzene rings is 2. The van der Waals surface area contributed by atoms with Crippen molar-refractivity contribution in [3.63, 3.8) is 0 Å². The zero-order chi connectivity index (χ0) is 23.3. The SMILES string of the molecule is CC1=C(C(=O)Nc2cccc3c2OCC3)C(=O)N2NC(C(F)(F)F)C(c3ccccc3)C2N1. The molecular weight excluding hydrogens is 437 g/mol. The summed E-state index contributed by atoms with van der Waals surface area (Å²) in [6, 6.07) is 11.5. The lowest BCUT2D eigenvalue weighted by Gasteiger charge is -2.34. The van der Waals surface area contributed by atoms with Crippen molar-refractivity contribution in [3.8, 4) is 5.75 Å². The van der Waals surface area contributed by atoms with Gasteiger partial charge in [-0.25, -0.2) is 10.4 Å². The molecule has 3 unspecified atom stereocenters. The molecule has 3 N–H and O–H groups in total. The standard InChI is InChI=1S/C23H21F3N4O3/c1-12-16(21(31)28-15-9-5-8-14-10-11-33-18(14)15)22(32)30-20(27-12)17(13-6-3-2-4-7-13)19(29-30)23(24,25)26/h2-9,17,19-20,27,29H,10-11H2,1H3,(H,28,31). The van der Waals surface area contributed by atoms with Crippen molar-refractivity contribution in [1.29, 1.82) is 0 Å². The number of ether oxygens (including phenoxy) is 1. The Kier molecular flexibility index (Phi) is 5.04. The lowest BCUT2D eigenvalue weighted by atomic mass is 9.89. The van der Waals surface area contributed by atoms with E-state index in [2.05, 4.69) is 16.1 Å². The fourth-order valence-corrected chi connectivity index (χ4v) is 4.66. The van der Waals surface area contributed by atoms with Crippen LogP contribution in [0.15, 0.2) is 59.8 Å². The van der Waals surface area contributed by atoms with Gasteiger partial charge in [-0.1, -0.05) is 42.5 Å². The van der Waals surface area contributed by atoms with E-state index >= 15 is 0 Å². The molecule has 3 aliphatic rings. The van der Waals surface area contributed by atoms with Crippen molar-refractivity contribution in [2.75, 3.05) is 11.9 Å². The number of carbonyl (C=O) groups is 2. The predicted molar refractivity (Wildman–Crippen MR) is 113 cm³/mol. The monoisotopic (exact) mass is 458 g/mol. The molecule has 3 atom stereocenters. The van der Waals surface area contributed by atoms with Crippen LogP contribution in [0.1, 0.15) is 24.0 Å². The maximum Gasteiger partial charge on any atom is 0.406 e. The van der Waals surface area contributed by atoms with E-state index < -0.39 is 36.1 Å². The van der Waals surface area contributed by atoms with Crippen LogP contribution in [0, 0.1) is 0 Å². The van der Waals surface area contributed by atoms with Gasteiger partial charge in [0.05, 0.1) is 18.2 Å². The molecule has 172 valence electrons. The van der Waals surface area contributed by atoms with Crippen LogP contribution < -0.4 is 20.8 Å². The number of anilines is 1. The first kappa shape index (κ1) is 21.3. The zero-order valence-corrected chi connectivity index (χ0v) is 17.6. The molecule has 0 radical (unpaired) electrons. The average Bonchev–Trinajstić information content (AvgIpc) is 3.40. The third kappa shape index (κ3) is 3.60. The van der Waals surface area contributed by atoms with E-state index in [0.29, 0.717) is 30.0 Å². The molecule has 10 heteroatoms. The van der Waals surface area contributed by atoms with E-state index in [-0.39, 0.29) is 11.3 Å². The van der Waals surface area contributed by atoms with Crippen LogP contribution in [0.5, 0.6) is 5.75 Å². The molecule has 3 aliphatic heterocycles. The summed E-state index contributed by atoms with van der Waals surface area (Å²) in [6.07, 6.45) is -4.91. The topological polar surface area (TPSA) is 82.7 Å². The Hall–Kier alpha value is -3.53. The first-order chi connectivity index (χ1) is 15.8. The number of para-hydroxylation sites is 1. The molecule has 0 saturated carbocycles. The van der Waals surface area contributed by atoms with Gasteiger partial charge in [-0.05, 0) is 24.1 Å². The highest BCUT2D eigenvalue weighted by molar-refractivity contribution is 6.23. The molecule has 1 fully saturated rings. The Morgan fingerprint density at radius 3 is 2.64 bits per heavy atom. The molecule has 0 spiro atoms. The first-order valence-corrected chi connectivity index (χ1v) is 10.5. The lowest BCUT2D eigenvalue weighted by molar-refractivity contribution is -0.161. The molecule has 0 aliphatic carbocycles. The van der Waals surface area contributed by atoms with E-state index in [0.717, 1.165) is 10.6 Å². The van der Waals surface area contributed by atoms with Gasteiger partial charge in [0.1, 0.15) is 23.5 Å². The van der Waals surface area contributed by atoms with Gasteiger partial charge in [0.25, 0.3) is 11.8 Å². The summed E-state index contributed by atoms with van der Waals surface area (Å²) in [4.78, 5) is 26.3. The highest BCUT2D eigenvalue weighted by Crippen LogP contribution is 2.41. The van der Waals surface area contributed by atoms with Crippen LogP contribution in [0.4, 0.5) is 18.9 Å². The largest absolute Gasteiger partial charge is 0.491 e. The van der Waals surface area contributed by atoms with Crippen molar-refractivity contribution >= 4 is 17.5 Å². The average molecular weight is 458 g/mol. The first-order valence-electron chi connectivity index (χ1n) is 10.5. The van der Waals surface area contributed by atoms with Gasteiger partial charge >= 0.3 is 6.18 Å². The Balaban J connectivity index is 1.46. The van der Waals surface area contributed by atoms with Crippen LogP contribution in [0.25, 0.3) is 0 Å². The quantitative estimate of drug-likeness (QED) is 0.617. The minimum Gasteiger partial charge on any atom is -0.491 e. The second kappa shape index (κ2) is 7.80. The van der Waals surface area contributed by atoms with Crippen molar-refractivity contribution < 1.29 is 27.5 Å². The molecule has 0 bridgehead atoms. The van der Waals surface area contributed by atoms with E-state index in [4.69, 9.17) is 4.74 Å². The molecule has 2 amide bonds. The smallest absolute Gasteiger partial charge is 0.406 e. The van der Waals surface area contributed by atoms with E-state index in [1.807, 2.05) is 6.07 Å². The third-order valence-corrected chi connectivity index (χ3v) is 6.15. The fraction of sp³-hybridized carbons (Fsp3) is 0.304. The summed E-state index contributed by atoms with van der Waals surface area (Å²) in [5.41, 5.74) is 4.02. The summed E-state index contributed by atoms with van der Waals surface area (Å²) < 4.78 is 47.3. The van der Waals surface area contributed by atoms with Crippen LogP contribution in [0.2, 0.25) is 0 Å².